The van der Waals surface area contributed by atoms with E-state index < -0.39 is 46.2 Å². The van der Waals surface area contributed by atoms with Crippen LogP contribution in [0.1, 0.15) is 123 Å². The second kappa shape index (κ2) is 16.6. The molecule has 0 radical (unpaired) electrons. The van der Waals surface area contributed by atoms with Crippen LogP contribution in [0, 0.1) is 23.3 Å². The van der Waals surface area contributed by atoms with Gasteiger partial charge < -0.3 is 9.47 Å². The third kappa shape index (κ3) is 12.2. The van der Waals surface area contributed by atoms with Crippen molar-refractivity contribution >= 4 is 11.9 Å². The van der Waals surface area contributed by atoms with Gasteiger partial charge in [0.25, 0.3) is 0 Å². The lowest BCUT2D eigenvalue weighted by Crippen LogP contribution is -2.23. The van der Waals surface area contributed by atoms with Crippen LogP contribution >= 0.6 is 0 Å². The number of carbonyl (C=O) groups excluding carboxylic acids is 2. The average molecular weight is 519 g/mol. The lowest BCUT2D eigenvalue weighted by Gasteiger charge is -2.19. The number of hydrogen-bond acceptors (Lipinski definition) is 4. The zero-order chi connectivity index (χ0) is 27.1. The largest absolute Gasteiger partial charge is 0.460 e. The number of unbranched alkanes of at least 4 members (excludes halogenated alkanes) is 11. The average Bonchev–Trinajstić information content (AvgIpc) is 2.80. The van der Waals surface area contributed by atoms with Crippen LogP contribution in [0.2, 0.25) is 0 Å². The molecule has 206 valence electrons. The van der Waals surface area contributed by atoms with E-state index in [1.165, 1.54) is 26.2 Å². The molecule has 0 spiro atoms. The summed E-state index contributed by atoms with van der Waals surface area (Å²) in [5.41, 5.74) is -0.905. The molecule has 0 fully saturated rings. The van der Waals surface area contributed by atoms with Gasteiger partial charge in [0.15, 0.2) is 17.4 Å². The van der Waals surface area contributed by atoms with Gasteiger partial charge in [0.05, 0.1) is 0 Å². The van der Waals surface area contributed by atoms with Gasteiger partial charge in [-0.3, -0.25) is 9.59 Å². The normalized spacial score (nSPS) is 11.6. The van der Waals surface area contributed by atoms with Crippen molar-refractivity contribution in [1.82, 2.24) is 0 Å². The summed E-state index contributed by atoms with van der Waals surface area (Å²) >= 11 is 0. The van der Waals surface area contributed by atoms with Crippen molar-refractivity contribution in [3.05, 3.63) is 28.8 Å². The van der Waals surface area contributed by atoms with Crippen LogP contribution < -0.4 is 4.74 Å². The molecule has 0 atom stereocenters. The summed E-state index contributed by atoms with van der Waals surface area (Å²) in [6.07, 6.45) is 12.5. The highest BCUT2D eigenvalue weighted by atomic mass is 19.2. The quantitative estimate of drug-likeness (QED) is 0.0518. The molecule has 36 heavy (non-hydrogen) atoms. The highest BCUT2D eigenvalue weighted by molar-refractivity contribution is 5.73. The van der Waals surface area contributed by atoms with E-state index in [0.29, 0.717) is 12.8 Å². The molecule has 0 bridgehead atoms. The number of rotatable bonds is 17. The van der Waals surface area contributed by atoms with Crippen LogP contribution in [0.25, 0.3) is 0 Å². The maximum Gasteiger partial charge on any atom is 0.311 e. The number of halogens is 4. The fourth-order valence-electron chi connectivity index (χ4n) is 3.94. The predicted octanol–water partition coefficient (Wildman–Crippen LogP) is 8.51. The summed E-state index contributed by atoms with van der Waals surface area (Å²) in [4.78, 5) is 23.6. The van der Waals surface area contributed by atoms with Crippen molar-refractivity contribution in [1.29, 1.82) is 0 Å². The summed E-state index contributed by atoms with van der Waals surface area (Å²) in [5, 5.41) is 0. The van der Waals surface area contributed by atoms with Gasteiger partial charge in [0, 0.05) is 18.4 Å². The van der Waals surface area contributed by atoms with Crippen LogP contribution in [-0.2, 0) is 20.7 Å². The molecule has 0 aliphatic carbocycles. The molecule has 8 heteroatoms. The Labute approximate surface area is 213 Å². The zero-order valence-corrected chi connectivity index (χ0v) is 22.3. The van der Waals surface area contributed by atoms with Crippen molar-refractivity contribution in [3.8, 4) is 5.75 Å². The number of hydrogen-bond donors (Lipinski definition) is 0. The maximum atomic E-state index is 13.9. The standard InChI is InChI=1S/C28H42F4O4/c1-5-20-23(29)24(30)25(31)26(32)27(20)35-21(33)18-16-14-12-10-8-6-7-9-11-13-15-17-19-22(34)36-28(2,3)4/h5-19H2,1-4H3. The Kier molecular flexibility index (Phi) is 14.7. The van der Waals surface area contributed by atoms with Crippen LogP contribution in [-0.4, -0.2) is 17.5 Å². The van der Waals surface area contributed by atoms with Gasteiger partial charge in [0.1, 0.15) is 5.60 Å². The van der Waals surface area contributed by atoms with Gasteiger partial charge in [-0.2, -0.15) is 4.39 Å². The van der Waals surface area contributed by atoms with E-state index in [0.717, 1.165) is 51.4 Å². The minimum Gasteiger partial charge on any atom is -0.460 e. The Morgan fingerprint density at radius 3 is 1.42 bits per heavy atom. The molecule has 0 aliphatic rings. The van der Waals surface area contributed by atoms with Crippen molar-refractivity contribution < 1.29 is 36.6 Å². The molecule has 1 aromatic carbocycles. The van der Waals surface area contributed by atoms with Crippen molar-refractivity contribution in [2.45, 2.75) is 130 Å². The van der Waals surface area contributed by atoms with Crippen LogP contribution in [0.4, 0.5) is 17.6 Å². The summed E-state index contributed by atoms with van der Waals surface area (Å²) in [6, 6.07) is 0. The summed E-state index contributed by atoms with van der Waals surface area (Å²) in [7, 11) is 0. The van der Waals surface area contributed by atoms with E-state index in [1.54, 1.807) is 0 Å². The topological polar surface area (TPSA) is 52.6 Å². The minimum atomic E-state index is -1.98. The Balaban J connectivity index is 2.06. The fraction of sp³-hybridized carbons (Fsp3) is 0.714. The van der Waals surface area contributed by atoms with E-state index in [9.17, 15) is 27.2 Å². The van der Waals surface area contributed by atoms with Crippen molar-refractivity contribution in [2.75, 3.05) is 0 Å². The third-order valence-electron chi connectivity index (χ3n) is 5.82. The molecule has 1 rings (SSSR count). The van der Waals surface area contributed by atoms with E-state index in [1.807, 2.05) is 20.8 Å². The summed E-state index contributed by atoms with van der Waals surface area (Å²) in [6.45, 7) is 7.05. The monoisotopic (exact) mass is 518 g/mol. The number of carbonyl (C=O) groups is 2. The maximum absolute atomic E-state index is 13.9. The summed E-state index contributed by atoms with van der Waals surface area (Å²) < 4.78 is 64.7. The number of esters is 2. The van der Waals surface area contributed by atoms with E-state index >= 15 is 0 Å². The van der Waals surface area contributed by atoms with Gasteiger partial charge >= 0.3 is 11.9 Å². The fourth-order valence-corrected chi connectivity index (χ4v) is 3.94. The van der Waals surface area contributed by atoms with Crippen molar-refractivity contribution in [2.24, 2.45) is 0 Å². The molecule has 0 unspecified atom stereocenters. The molecule has 0 saturated carbocycles. The zero-order valence-electron chi connectivity index (χ0n) is 22.3. The second-order valence-corrected chi connectivity index (χ2v) is 10.2. The van der Waals surface area contributed by atoms with Gasteiger partial charge in [-0.25, -0.2) is 13.2 Å². The Morgan fingerprint density at radius 1 is 0.611 bits per heavy atom. The first kappa shape index (κ1) is 31.9. The van der Waals surface area contributed by atoms with E-state index in [-0.39, 0.29) is 18.8 Å². The molecule has 0 aromatic heterocycles. The van der Waals surface area contributed by atoms with Crippen LogP contribution in [0.5, 0.6) is 5.75 Å². The number of ether oxygens (including phenoxy) is 2. The van der Waals surface area contributed by atoms with Crippen LogP contribution in [0.15, 0.2) is 0 Å². The lowest BCUT2D eigenvalue weighted by atomic mass is 10.0. The number of benzene rings is 1. The smallest absolute Gasteiger partial charge is 0.311 e. The first-order chi connectivity index (χ1) is 17.0. The molecule has 0 saturated heterocycles. The van der Waals surface area contributed by atoms with Gasteiger partial charge in [-0.05, 0) is 40.0 Å². The first-order valence-corrected chi connectivity index (χ1v) is 13.2. The van der Waals surface area contributed by atoms with Gasteiger partial charge in [0.2, 0.25) is 11.6 Å². The molecule has 1 aromatic rings. The first-order valence-electron chi connectivity index (χ1n) is 13.2. The molecular weight excluding hydrogens is 476 g/mol. The van der Waals surface area contributed by atoms with E-state index in [4.69, 9.17) is 9.47 Å². The minimum absolute atomic E-state index is 0.00284. The Hall–Kier alpha value is -2.12. The predicted molar refractivity (Wildman–Crippen MR) is 132 cm³/mol. The van der Waals surface area contributed by atoms with E-state index in [2.05, 4.69) is 0 Å². The molecule has 0 amide bonds. The Morgan fingerprint density at radius 2 is 1.00 bits per heavy atom. The van der Waals surface area contributed by atoms with Gasteiger partial charge in [-0.15, -0.1) is 0 Å². The highest BCUT2D eigenvalue weighted by Crippen LogP contribution is 2.31. The lowest BCUT2D eigenvalue weighted by molar-refractivity contribution is -0.155. The molecule has 0 heterocycles. The molecular formula is C28H42F4O4. The SMILES string of the molecule is CCc1c(F)c(F)c(F)c(F)c1OC(=O)CCCCCCCCCCCCCCC(=O)OC(C)(C)C. The third-order valence-corrected chi connectivity index (χ3v) is 5.82. The van der Waals surface area contributed by atoms with Crippen LogP contribution in [0.3, 0.4) is 0 Å². The molecule has 4 nitrogen and oxygen atoms in total. The van der Waals surface area contributed by atoms with Crippen molar-refractivity contribution in [3.63, 3.8) is 0 Å². The summed E-state index contributed by atoms with van der Waals surface area (Å²) in [5.74, 6) is -8.87. The molecule has 0 N–H and O–H groups in total. The second-order valence-electron chi connectivity index (χ2n) is 10.2. The highest BCUT2D eigenvalue weighted by Gasteiger charge is 2.27. The van der Waals surface area contributed by atoms with Gasteiger partial charge in [-0.1, -0.05) is 71.1 Å². The molecule has 0 aliphatic heterocycles. The Bertz CT molecular complexity index is 834.